The third-order valence-corrected chi connectivity index (χ3v) is 6.01. The minimum Gasteiger partial charge on any atom is -0.481 e. The van der Waals surface area contributed by atoms with Gasteiger partial charge in [-0.15, -0.1) is 0 Å². The molecule has 0 spiro atoms. The van der Waals surface area contributed by atoms with E-state index in [1.54, 1.807) is 6.07 Å². The Morgan fingerprint density at radius 2 is 1.86 bits per heavy atom. The van der Waals surface area contributed by atoms with Gasteiger partial charge in [-0.3, -0.25) is 14.4 Å². The maximum atomic E-state index is 13.0. The normalized spacial score (nSPS) is 11.7. The van der Waals surface area contributed by atoms with Gasteiger partial charge in [0.25, 0.3) is 17.4 Å². The number of rotatable bonds is 7. The molecule has 10 heteroatoms. The molecule has 1 unspecified atom stereocenters. The van der Waals surface area contributed by atoms with Crippen LogP contribution in [-0.4, -0.2) is 35.4 Å². The van der Waals surface area contributed by atoms with Crippen LogP contribution in [0.15, 0.2) is 65.5 Å². The quantitative estimate of drug-likeness (QED) is 0.303. The molecule has 2 heterocycles. The van der Waals surface area contributed by atoms with E-state index < -0.39 is 11.5 Å². The fourth-order valence-corrected chi connectivity index (χ4v) is 3.91. The molecule has 0 aliphatic heterocycles. The lowest BCUT2D eigenvalue weighted by Gasteiger charge is -2.18. The van der Waals surface area contributed by atoms with Gasteiger partial charge in [-0.1, -0.05) is 41.9 Å². The lowest BCUT2D eigenvalue weighted by Crippen LogP contribution is -2.33. The molecule has 0 radical (unpaired) electrons. The number of benzene rings is 2. The Kier molecular flexibility index (Phi) is 7.33. The van der Waals surface area contributed by atoms with Crippen molar-refractivity contribution in [2.75, 3.05) is 19.0 Å². The second-order valence-electron chi connectivity index (χ2n) is 8.08. The Morgan fingerprint density at radius 1 is 1.11 bits per heavy atom. The lowest BCUT2D eigenvalue weighted by molar-refractivity contribution is 0.0936. The number of halogens is 1. The molecule has 4 aromatic rings. The molecular weight excluding hydrogens is 482 g/mol. The number of hydrogen-bond donors (Lipinski definition) is 4. The SMILES string of the molecule is COc1cc(C)c2cc(C(=O)Nc3cc(C(=O)NC(CN)c4ccccc4)ccc3Cl)c(=O)[nH]c2n1. The monoisotopic (exact) mass is 505 g/mol. The number of fused-ring (bicyclic) bond motifs is 1. The number of ether oxygens (including phenoxy) is 1. The van der Waals surface area contributed by atoms with Crippen LogP contribution in [-0.2, 0) is 0 Å². The number of pyridine rings is 2. The second-order valence-corrected chi connectivity index (χ2v) is 8.48. The smallest absolute Gasteiger partial charge is 0.262 e. The minimum absolute atomic E-state index is 0.129. The molecule has 0 saturated carbocycles. The molecule has 0 bridgehead atoms. The van der Waals surface area contributed by atoms with Gasteiger partial charge in [0.2, 0.25) is 5.88 Å². The van der Waals surface area contributed by atoms with Gasteiger partial charge in [-0.2, -0.15) is 4.98 Å². The van der Waals surface area contributed by atoms with E-state index in [9.17, 15) is 14.4 Å². The predicted molar refractivity (Wildman–Crippen MR) is 139 cm³/mol. The molecule has 9 nitrogen and oxygen atoms in total. The summed E-state index contributed by atoms with van der Waals surface area (Å²) in [6.45, 7) is 2.02. The van der Waals surface area contributed by atoms with Gasteiger partial charge in [0.1, 0.15) is 11.2 Å². The average Bonchev–Trinajstić information content (AvgIpc) is 2.88. The molecule has 0 saturated heterocycles. The van der Waals surface area contributed by atoms with E-state index in [4.69, 9.17) is 22.1 Å². The topological polar surface area (TPSA) is 139 Å². The van der Waals surface area contributed by atoms with Gasteiger partial charge >= 0.3 is 0 Å². The van der Waals surface area contributed by atoms with E-state index in [0.717, 1.165) is 11.1 Å². The Bertz CT molecular complexity index is 1500. The number of hydrogen-bond acceptors (Lipinski definition) is 6. The van der Waals surface area contributed by atoms with E-state index in [1.807, 2.05) is 37.3 Å². The van der Waals surface area contributed by atoms with Gasteiger partial charge in [0, 0.05) is 23.6 Å². The van der Waals surface area contributed by atoms with Crippen LogP contribution < -0.4 is 26.7 Å². The summed E-state index contributed by atoms with van der Waals surface area (Å²) in [6, 6.07) is 16.6. The minimum atomic E-state index is -0.683. The van der Waals surface area contributed by atoms with Crippen LogP contribution in [0.2, 0.25) is 5.02 Å². The largest absolute Gasteiger partial charge is 0.481 e. The zero-order valence-corrected chi connectivity index (χ0v) is 20.3. The van der Waals surface area contributed by atoms with Crippen LogP contribution in [0.3, 0.4) is 0 Å². The van der Waals surface area contributed by atoms with Crippen LogP contribution >= 0.6 is 11.6 Å². The number of aromatic amines is 1. The summed E-state index contributed by atoms with van der Waals surface area (Å²) >= 11 is 6.28. The number of aryl methyl sites for hydroxylation is 1. The Hall–Kier alpha value is -4.21. The summed E-state index contributed by atoms with van der Waals surface area (Å²) in [5, 5.41) is 6.31. The third kappa shape index (κ3) is 5.22. The molecule has 0 fully saturated rings. The number of carbonyl (C=O) groups excluding carboxylic acids is 2. The number of nitrogens with one attached hydrogen (secondary N) is 3. The molecule has 184 valence electrons. The average molecular weight is 506 g/mol. The van der Waals surface area contributed by atoms with E-state index in [-0.39, 0.29) is 40.3 Å². The first kappa shape index (κ1) is 24.9. The van der Waals surface area contributed by atoms with Crippen LogP contribution in [0.25, 0.3) is 11.0 Å². The van der Waals surface area contributed by atoms with E-state index >= 15 is 0 Å². The standard InChI is InChI=1S/C26H24ClN5O4/c1-14-10-22(36-2)31-23-17(14)12-18(26(35)32-23)25(34)29-20-11-16(8-9-19(20)27)24(33)30-21(13-28)15-6-4-3-5-7-15/h3-12,21H,13,28H2,1-2H3,(H,29,34)(H,30,33)(H,31,32,35). The van der Waals surface area contributed by atoms with Crippen molar-refractivity contribution in [2.24, 2.45) is 5.73 Å². The zero-order valence-electron chi connectivity index (χ0n) is 19.6. The number of H-pyrrole nitrogens is 1. The molecule has 2 amide bonds. The van der Waals surface area contributed by atoms with Crippen molar-refractivity contribution < 1.29 is 14.3 Å². The fraction of sp³-hybridized carbons (Fsp3) is 0.154. The Balaban J connectivity index is 1.58. The molecule has 0 aliphatic rings. The fourth-order valence-electron chi connectivity index (χ4n) is 3.75. The molecule has 1 atom stereocenters. The van der Waals surface area contributed by atoms with Crippen LogP contribution in [0, 0.1) is 6.92 Å². The first-order valence-electron chi connectivity index (χ1n) is 11.1. The van der Waals surface area contributed by atoms with Crippen molar-refractivity contribution in [3.05, 3.63) is 98.3 Å². The van der Waals surface area contributed by atoms with Crippen molar-refractivity contribution in [3.8, 4) is 5.88 Å². The second kappa shape index (κ2) is 10.6. The summed E-state index contributed by atoms with van der Waals surface area (Å²) in [7, 11) is 1.48. The summed E-state index contributed by atoms with van der Waals surface area (Å²) in [6.07, 6.45) is 0. The van der Waals surface area contributed by atoms with Crippen LogP contribution in [0.4, 0.5) is 5.69 Å². The van der Waals surface area contributed by atoms with Crippen molar-refractivity contribution in [1.82, 2.24) is 15.3 Å². The van der Waals surface area contributed by atoms with Crippen LogP contribution in [0.1, 0.15) is 37.9 Å². The number of nitrogens with two attached hydrogens (primary N) is 1. The van der Waals surface area contributed by atoms with Crippen molar-refractivity contribution in [1.29, 1.82) is 0 Å². The number of methoxy groups -OCH3 is 1. The maximum absolute atomic E-state index is 13.0. The maximum Gasteiger partial charge on any atom is 0.262 e. The molecule has 36 heavy (non-hydrogen) atoms. The van der Waals surface area contributed by atoms with Gasteiger partial charge < -0.3 is 26.1 Å². The summed E-state index contributed by atoms with van der Waals surface area (Å²) in [5.74, 6) is -0.725. The van der Waals surface area contributed by atoms with Gasteiger partial charge in [0.05, 0.1) is 23.9 Å². The highest BCUT2D eigenvalue weighted by Crippen LogP contribution is 2.25. The highest BCUT2D eigenvalue weighted by Gasteiger charge is 2.18. The van der Waals surface area contributed by atoms with E-state index in [1.165, 1.54) is 31.4 Å². The van der Waals surface area contributed by atoms with Crippen molar-refractivity contribution >= 4 is 40.1 Å². The molecular formula is C26H24ClN5O4. The van der Waals surface area contributed by atoms with E-state index in [0.29, 0.717) is 16.9 Å². The predicted octanol–water partition coefficient (Wildman–Crippen LogP) is 3.58. The number of amides is 2. The Morgan fingerprint density at radius 3 is 2.56 bits per heavy atom. The van der Waals surface area contributed by atoms with Crippen LogP contribution in [0.5, 0.6) is 5.88 Å². The molecule has 2 aromatic heterocycles. The molecule has 5 N–H and O–H groups in total. The highest BCUT2D eigenvalue weighted by atomic mass is 35.5. The molecule has 4 rings (SSSR count). The number of aromatic nitrogens is 2. The summed E-state index contributed by atoms with van der Waals surface area (Å²) < 4.78 is 5.13. The Labute approximate surface area is 211 Å². The zero-order chi connectivity index (χ0) is 25.8. The lowest BCUT2D eigenvalue weighted by atomic mass is 10.1. The van der Waals surface area contributed by atoms with Gasteiger partial charge in [-0.05, 0) is 42.3 Å². The van der Waals surface area contributed by atoms with Crippen molar-refractivity contribution in [2.45, 2.75) is 13.0 Å². The number of carbonyl (C=O) groups is 2. The van der Waals surface area contributed by atoms with E-state index in [2.05, 4.69) is 20.6 Å². The highest BCUT2D eigenvalue weighted by molar-refractivity contribution is 6.34. The third-order valence-electron chi connectivity index (χ3n) is 5.68. The molecule has 2 aromatic carbocycles. The number of nitrogens with zero attached hydrogens (tertiary/aromatic N) is 1. The first-order valence-corrected chi connectivity index (χ1v) is 11.4. The first-order chi connectivity index (χ1) is 17.3. The summed E-state index contributed by atoms with van der Waals surface area (Å²) in [4.78, 5) is 45.3. The van der Waals surface area contributed by atoms with Gasteiger partial charge in [-0.25, -0.2) is 0 Å². The summed E-state index contributed by atoms with van der Waals surface area (Å²) in [5.41, 5.74) is 7.50. The van der Waals surface area contributed by atoms with Crippen molar-refractivity contribution in [3.63, 3.8) is 0 Å². The number of anilines is 1. The molecule has 0 aliphatic carbocycles. The van der Waals surface area contributed by atoms with Gasteiger partial charge in [0.15, 0.2) is 0 Å².